The number of hydrogen-bond acceptors (Lipinski definition) is 4. The molecule has 0 saturated carbocycles. The maximum atomic E-state index is 12.7. The fraction of sp³-hybridized carbons (Fsp3) is 0.333. The standard InChI is InChI=1S/C21H23F2N3O2S/c22-21(23)29-18-9-5-4-8-17(18)25-19(27)14-26-12-10-16(11-13-26)24-20(28)15-6-2-1-3-7-15/h1-9,16,21H,10-14H2,(H,24,28)(H,25,27). The number of carbonyl (C=O) groups is 2. The predicted octanol–water partition coefficient (Wildman–Crippen LogP) is 3.83. The SMILES string of the molecule is O=C(CN1CCC(NC(=O)c2ccccc2)CC1)Nc1ccccc1SC(F)F. The van der Waals surface area contributed by atoms with Crippen LogP contribution in [0.2, 0.25) is 0 Å². The van der Waals surface area contributed by atoms with E-state index in [2.05, 4.69) is 10.6 Å². The number of nitrogens with zero attached hydrogens (tertiary/aromatic N) is 1. The van der Waals surface area contributed by atoms with Crippen LogP contribution in [0.1, 0.15) is 23.2 Å². The fourth-order valence-corrected chi connectivity index (χ4v) is 3.85. The molecule has 0 aromatic heterocycles. The minimum Gasteiger partial charge on any atom is -0.349 e. The lowest BCUT2D eigenvalue weighted by Crippen LogP contribution is -2.46. The Morgan fingerprint density at radius 3 is 2.38 bits per heavy atom. The Bertz CT molecular complexity index is 828. The zero-order valence-electron chi connectivity index (χ0n) is 15.8. The van der Waals surface area contributed by atoms with Gasteiger partial charge in [0.15, 0.2) is 0 Å². The fourth-order valence-electron chi connectivity index (χ4n) is 3.26. The third-order valence-electron chi connectivity index (χ3n) is 4.70. The Kier molecular flexibility index (Phi) is 7.60. The van der Waals surface area contributed by atoms with E-state index >= 15 is 0 Å². The van der Waals surface area contributed by atoms with Crippen LogP contribution in [0.15, 0.2) is 59.5 Å². The molecule has 1 fully saturated rings. The van der Waals surface area contributed by atoms with Crippen LogP contribution in [0.5, 0.6) is 0 Å². The van der Waals surface area contributed by atoms with Crippen LogP contribution in [-0.2, 0) is 4.79 Å². The number of likely N-dealkylation sites (tertiary alicyclic amines) is 1. The summed E-state index contributed by atoms with van der Waals surface area (Å²) >= 11 is 0.415. The van der Waals surface area contributed by atoms with Crippen molar-refractivity contribution in [3.05, 3.63) is 60.2 Å². The van der Waals surface area contributed by atoms with Gasteiger partial charge in [0.25, 0.3) is 11.7 Å². The van der Waals surface area contributed by atoms with Crippen LogP contribution in [0, 0.1) is 0 Å². The predicted molar refractivity (Wildman–Crippen MR) is 110 cm³/mol. The molecular weight excluding hydrogens is 396 g/mol. The van der Waals surface area contributed by atoms with Gasteiger partial charge in [0.05, 0.1) is 12.2 Å². The van der Waals surface area contributed by atoms with Crippen molar-refractivity contribution in [2.75, 3.05) is 25.0 Å². The number of thioether (sulfide) groups is 1. The lowest BCUT2D eigenvalue weighted by Gasteiger charge is -2.31. The molecule has 3 rings (SSSR count). The second kappa shape index (κ2) is 10.4. The molecule has 0 atom stereocenters. The number of benzene rings is 2. The van der Waals surface area contributed by atoms with Gasteiger partial charge in [-0.05, 0) is 37.1 Å². The first-order valence-electron chi connectivity index (χ1n) is 9.43. The van der Waals surface area contributed by atoms with Gasteiger partial charge in [0, 0.05) is 29.6 Å². The Balaban J connectivity index is 1.45. The third-order valence-corrected chi connectivity index (χ3v) is 5.49. The molecule has 1 aliphatic rings. The third kappa shape index (κ3) is 6.54. The number of para-hydroxylation sites is 1. The first-order chi connectivity index (χ1) is 14.0. The Morgan fingerprint density at radius 2 is 1.69 bits per heavy atom. The van der Waals surface area contributed by atoms with Crippen molar-refractivity contribution < 1.29 is 18.4 Å². The number of amides is 2. The summed E-state index contributed by atoms with van der Waals surface area (Å²) in [4.78, 5) is 26.9. The van der Waals surface area contributed by atoms with Gasteiger partial charge in [-0.3, -0.25) is 14.5 Å². The van der Waals surface area contributed by atoms with E-state index in [-0.39, 0.29) is 24.4 Å². The molecule has 8 heteroatoms. The number of rotatable bonds is 7. The van der Waals surface area contributed by atoms with E-state index < -0.39 is 5.76 Å². The van der Waals surface area contributed by atoms with Gasteiger partial charge in [-0.25, -0.2) is 0 Å². The largest absolute Gasteiger partial charge is 0.349 e. The molecule has 154 valence electrons. The van der Waals surface area contributed by atoms with Crippen LogP contribution in [-0.4, -0.2) is 48.1 Å². The van der Waals surface area contributed by atoms with E-state index in [1.54, 1.807) is 36.4 Å². The molecule has 1 aliphatic heterocycles. The molecule has 2 aromatic carbocycles. The summed E-state index contributed by atoms with van der Waals surface area (Å²) in [6, 6.07) is 15.7. The lowest BCUT2D eigenvalue weighted by atomic mass is 10.0. The highest BCUT2D eigenvalue weighted by atomic mass is 32.2. The van der Waals surface area contributed by atoms with E-state index in [1.165, 1.54) is 0 Å². The smallest absolute Gasteiger partial charge is 0.288 e. The first kappa shape index (κ1) is 21.3. The van der Waals surface area contributed by atoms with Gasteiger partial charge in [0.1, 0.15) is 0 Å². The molecule has 0 spiro atoms. The maximum absolute atomic E-state index is 12.7. The summed E-state index contributed by atoms with van der Waals surface area (Å²) in [6.07, 6.45) is 1.51. The lowest BCUT2D eigenvalue weighted by molar-refractivity contribution is -0.117. The Hall–Kier alpha value is -2.45. The van der Waals surface area contributed by atoms with Gasteiger partial charge >= 0.3 is 0 Å². The summed E-state index contributed by atoms with van der Waals surface area (Å²) in [5.41, 5.74) is 1.03. The number of nitrogens with one attached hydrogen (secondary N) is 2. The molecule has 1 heterocycles. The van der Waals surface area contributed by atoms with E-state index in [1.807, 2.05) is 23.1 Å². The molecule has 0 unspecified atom stereocenters. The molecule has 2 amide bonds. The van der Waals surface area contributed by atoms with Crippen LogP contribution in [0.3, 0.4) is 0 Å². The minimum atomic E-state index is -2.54. The van der Waals surface area contributed by atoms with Crippen molar-refractivity contribution in [3.63, 3.8) is 0 Å². The number of halogens is 2. The van der Waals surface area contributed by atoms with Crippen molar-refractivity contribution in [1.82, 2.24) is 10.2 Å². The van der Waals surface area contributed by atoms with Crippen LogP contribution in [0.25, 0.3) is 0 Å². The van der Waals surface area contributed by atoms with Crippen molar-refractivity contribution in [3.8, 4) is 0 Å². The quantitative estimate of drug-likeness (QED) is 0.670. The number of alkyl halides is 2. The molecule has 2 N–H and O–H groups in total. The summed E-state index contributed by atoms with van der Waals surface area (Å²) < 4.78 is 25.3. The summed E-state index contributed by atoms with van der Waals surface area (Å²) in [5, 5.41) is 5.76. The normalized spacial score (nSPS) is 15.3. The van der Waals surface area contributed by atoms with Crippen molar-refractivity contribution in [2.24, 2.45) is 0 Å². The number of carbonyl (C=O) groups excluding carboxylic acids is 2. The first-order valence-corrected chi connectivity index (χ1v) is 10.3. The van der Waals surface area contributed by atoms with Crippen LogP contribution in [0.4, 0.5) is 14.5 Å². The van der Waals surface area contributed by atoms with Crippen molar-refractivity contribution >= 4 is 29.3 Å². The molecule has 2 aromatic rings. The molecule has 0 radical (unpaired) electrons. The van der Waals surface area contributed by atoms with E-state index in [9.17, 15) is 18.4 Å². The topological polar surface area (TPSA) is 61.4 Å². The highest BCUT2D eigenvalue weighted by Gasteiger charge is 2.23. The van der Waals surface area contributed by atoms with Crippen LogP contribution >= 0.6 is 11.8 Å². The molecule has 0 bridgehead atoms. The van der Waals surface area contributed by atoms with Gasteiger partial charge in [0.2, 0.25) is 5.91 Å². The minimum absolute atomic E-state index is 0.0742. The highest BCUT2D eigenvalue weighted by Crippen LogP contribution is 2.31. The van der Waals surface area contributed by atoms with E-state index in [4.69, 9.17) is 0 Å². The average Bonchev–Trinajstić information content (AvgIpc) is 2.71. The summed E-state index contributed by atoms with van der Waals surface area (Å²) in [5.74, 6) is -2.87. The average molecular weight is 419 g/mol. The van der Waals surface area contributed by atoms with Gasteiger partial charge < -0.3 is 10.6 Å². The van der Waals surface area contributed by atoms with E-state index in [0.717, 1.165) is 12.8 Å². The van der Waals surface area contributed by atoms with Crippen molar-refractivity contribution in [2.45, 2.75) is 29.5 Å². The Morgan fingerprint density at radius 1 is 1.03 bits per heavy atom. The molecule has 5 nitrogen and oxygen atoms in total. The van der Waals surface area contributed by atoms with Crippen molar-refractivity contribution in [1.29, 1.82) is 0 Å². The monoisotopic (exact) mass is 419 g/mol. The maximum Gasteiger partial charge on any atom is 0.288 e. The number of anilines is 1. The molecule has 0 aliphatic carbocycles. The summed E-state index contributed by atoms with van der Waals surface area (Å²) in [7, 11) is 0. The van der Waals surface area contributed by atoms with Gasteiger partial charge in [-0.15, -0.1) is 0 Å². The Labute approximate surface area is 172 Å². The number of hydrogen-bond donors (Lipinski definition) is 2. The van der Waals surface area contributed by atoms with Gasteiger partial charge in [-0.1, -0.05) is 42.1 Å². The number of piperidine rings is 1. The zero-order valence-corrected chi connectivity index (χ0v) is 16.6. The zero-order chi connectivity index (χ0) is 20.6. The summed E-state index contributed by atoms with van der Waals surface area (Å²) in [6.45, 7) is 1.55. The molecular formula is C21H23F2N3O2S. The molecule has 29 heavy (non-hydrogen) atoms. The van der Waals surface area contributed by atoms with E-state index in [0.29, 0.717) is 41.0 Å². The molecule has 1 saturated heterocycles. The second-order valence-electron chi connectivity index (χ2n) is 6.81. The highest BCUT2D eigenvalue weighted by molar-refractivity contribution is 7.99. The van der Waals surface area contributed by atoms with Crippen LogP contribution < -0.4 is 10.6 Å². The second-order valence-corrected chi connectivity index (χ2v) is 7.84. The van der Waals surface area contributed by atoms with Gasteiger partial charge in [-0.2, -0.15) is 8.78 Å².